The van der Waals surface area contributed by atoms with Crippen LogP contribution in [-0.4, -0.2) is 24.8 Å². The van der Waals surface area contributed by atoms with E-state index in [0.29, 0.717) is 23.3 Å². The first-order valence-corrected chi connectivity index (χ1v) is 9.67. The zero-order chi connectivity index (χ0) is 19.7. The van der Waals surface area contributed by atoms with Gasteiger partial charge >= 0.3 is 5.97 Å². The molecule has 7 heteroatoms. The predicted octanol–water partition coefficient (Wildman–Crippen LogP) is 3.39. The van der Waals surface area contributed by atoms with Crippen LogP contribution in [0, 0.1) is 3.57 Å². The fourth-order valence-electron chi connectivity index (χ4n) is 3.24. The van der Waals surface area contributed by atoms with E-state index in [-0.39, 0.29) is 17.9 Å². The van der Waals surface area contributed by atoms with Gasteiger partial charge in [-0.25, -0.2) is 4.79 Å². The first kappa shape index (κ1) is 19.0. The number of ether oxygens (including phenoxy) is 2. The number of halogens is 1. The van der Waals surface area contributed by atoms with Gasteiger partial charge in [0.25, 0.3) is 5.79 Å². The van der Waals surface area contributed by atoms with Crippen molar-refractivity contribution >= 4 is 28.6 Å². The SMILES string of the molecule is COc1ccc(C2(O)OC(=O)C(C3=CCOO3)=C2Cc2ccc(I)cc2)cc1. The lowest BCUT2D eigenvalue weighted by molar-refractivity contribution is -0.231. The highest BCUT2D eigenvalue weighted by molar-refractivity contribution is 14.1. The summed E-state index contributed by atoms with van der Waals surface area (Å²) in [4.78, 5) is 22.7. The van der Waals surface area contributed by atoms with E-state index in [9.17, 15) is 9.90 Å². The normalized spacial score (nSPS) is 21.4. The molecule has 4 rings (SSSR count). The van der Waals surface area contributed by atoms with Gasteiger partial charge in [-0.05, 0) is 70.6 Å². The van der Waals surface area contributed by atoms with Gasteiger partial charge in [-0.15, -0.1) is 0 Å². The molecule has 6 nitrogen and oxygen atoms in total. The smallest absolute Gasteiger partial charge is 0.345 e. The third-order valence-electron chi connectivity index (χ3n) is 4.66. The summed E-state index contributed by atoms with van der Waals surface area (Å²) in [5.41, 5.74) is 1.95. The Bertz CT molecular complexity index is 961. The van der Waals surface area contributed by atoms with Crippen molar-refractivity contribution in [2.75, 3.05) is 13.7 Å². The Morgan fingerprint density at radius 3 is 2.46 bits per heavy atom. The van der Waals surface area contributed by atoms with Gasteiger partial charge in [-0.2, -0.15) is 4.89 Å². The molecule has 1 atom stereocenters. The van der Waals surface area contributed by atoms with Crippen LogP contribution in [0.4, 0.5) is 0 Å². The summed E-state index contributed by atoms with van der Waals surface area (Å²) in [7, 11) is 1.56. The van der Waals surface area contributed by atoms with Gasteiger partial charge in [0, 0.05) is 21.1 Å². The van der Waals surface area contributed by atoms with Gasteiger partial charge < -0.3 is 19.5 Å². The number of cyclic esters (lactones) is 1. The number of methoxy groups -OCH3 is 1. The van der Waals surface area contributed by atoms with Crippen molar-refractivity contribution in [2.45, 2.75) is 12.2 Å². The first-order chi connectivity index (χ1) is 13.5. The van der Waals surface area contributed by atoms with Crippen LogP contribution in [0.15, 0.2) is 71.5 Å². The Balaban J connectivity index is 1.82. The van der Waals surface area contributed by atoms with Crippen molar-refractivity contribution in [3.8, 4) is 5.75 Å². The summed E-state index contributed by atoms with van der Waals surface area (Å²) in [6, 6.07) is 14.6. The molecular formula is C21H17IO6. The highest BCUT2D eigenvalue weighted by Crippen LogP contribution is 2.44. The fourth-order valence-corrected chi connectivity index (χ4v) is 3.60. The predicted molar refractivity (Wildman–Crippen MR) is 108 cm³/mol. The van der Waals surface area contributed by atoms with E-state index in [4.69, 9.17) is 19.2 Å². The standard InChI is InChI=1S/C21H17IO6/c1-25-16-8-4-14(5-9-16)21(24)17(12-13-2-6-15(22)7-3-13)19(20(23)27-21)18-10-11-26-28-18/h2-10,24H,11-12H2,1H3. The van der Waals surface area contributed by atoms with Crippen molar-refractivity contribution < 1.29 is 29.1 Å². The van der Waals surface area contributed by atoms with Crippen LogP contribution in [0.3, 0.4) is 0 Å². The Hall–Kier alpha value is -2.36. The first-order valence-electron chi connectivity index (χ1n) is 8.59. The molecule has 2 aliphatic heterocycles. The van der Waals surface area contributed by atoms with Gasteiger partial charge in [0.2, 0.25) is 0 Å². The van der Waals surface area contributed by atoms with Crippen molar-refractivity contribution in [1.29, 1.82) is 0 Å². The summed E-state index contributed by atoms with van der Waals surface area (Å²) >= 11 is 2.22. The number of esters is 1. The van der Waals surface area contributed by atoms with Crippen molar-refractivity contribution in [3.63, 3.8) is 0 Å². The van der Waals surface area contributed by atoms with E-state index in [2.05, 4.69) is 22.6 Å². The minimum absolute atomic E-state index is 0.189. The van der Waals surface area contributed by atoms with E-state index in [1.807, 2.05) is 24.3 Å². The van der Waals surface area contributed by atoms with Gasteiger partial charge in [0.1, 0.15) is 17.9 Å². The average molecular weight is 492 g/mol. The van der Waals surface area contributed by atoms with Crippen LogP contribution in [0.2, 0.25) is 0 Å². The maximum Gasteiger partial charge on any atom is 0.345 e. The van der Waals surface area contributed by atoms with Crippen LogP contribution in [0.5, 0.6) is 5.75 Å². The summed E-state index contributed by atoms with van der Waals surface area (Å²) in [6.07, 6.45) is 1.95. The van der Waals surface area contributed by atoms with Crippen LogP contribution >= 0.6 is 22.6 Å². The van der Waals surface area contributed by atoms with E-state index in [1.165, 1.54) is 0 Å². The quantitative estimate of drug-likeness (QED) is 0.392. The minimum atomic E-state index is -1.91. The highest BCUT2D eigenvalue weighted by Gasteiger charge is 2.49. The number of aliphatic hydroxyl groups is 1. The van der Waals surface area contributed by atoms with Crippen molar-refractivity contribution in [2.24, 2.45) is 0 Å². The average Bonchev–Trinajstić information content (AvgIpc) is 3.31. The summed E-state index contributed by atoms with van der Waals surface area (Å²) < 4.78 is 11.7. The number of hydrogen-bond donors (Lipinski definition) is 1. The molecule has 2 aliphatic rings. The highest BCUT2D eigenvalue weighted by atomic mass is 127. The maximum atomic E-state index is 12.7. The number of benzene rings is 2. The van der Waals surface area contributed by atoms with Crippen molar-refractivity contribution in [3.05, 3.63) is 86.2 Å². The van der Waals surface area contributed by atoms with Crippen LogP contribution in [0.25, 0.3) is 0 Å². The molecule has 2 aromatic rings. The second kappa shape index (κ2) is 7.57. The third kappa shape index (κ3) is 3.41. The van der Waals surface area contributed by atoms with Gasteiger partial charge in [0.05, 0.1) is 7.11 Å². The molecule has 0 radical (unpaired) electrons. The largest absolute Gasteiger partial charge is 0.497 e. The van der Waals surface area contributed by atoms with Crippen LogP contribution in [0.1, 0.15) is 11.1 Å². The van der Waals surface area contributed by atoms with Crippen molar-refractivity contribution in [1.82, 2.24) is 0 Å². The Labute approximate surface area is 175 Å². The lowest BCUT2D eigenvalue weighted by Gasteiger charge is -2.25. The zero-order valence-electron chi connectivity index (χ0n) is 15.0. The molecule has 1 N–H and O–H groups in total. The lowest BCUT2D eigenvalue weighted by atomic mass is 9.89. The van der Waals surface area contributed by atoms with E-state index >= 15 is 0 Å². The molecule has 0 saturated carbocycles. The van der Waals surface area contributed by atoms with Gasteiger partial charge in [-0.1, -0.05) is 12.1 Å². The number of hydrogen-bond acceptors (Lipinski definition) is 6. The molecule has 0 aliphatic carbocycles. The lowest BCUT2D eigenvalue weighted by Crippen LogP contribution is -2.29. The molecule has 2 aromatic carbocycles. The Morgan fingerprint density at radius 2 is 1.86 bits per heavy atom. The number of carbonyl (C=O) groups excluding carboxylic acids is 1. The molecule has 0 fully saturated rings. The summed E-state index contributed by atoms with van der Waals surface area (Å²) in [5, 5.41) is 11.4. The molecule has 2 heterocycles. The Kier molecular flexibility index (Phi) is 5.13. The molecular weight excluding hydrogens is 475 g/mol. The molecule has 0 aromatic heterocycles. The van der Waals surface area contributed by atoms with Crippen LogP contribution < -0.4 is 4.74 Å². The maximum absolute atomic E-state index is 12.7. The monoisotopic (exact) mass is 492 g/mol. The third-order valence-corrected chi connectivity index (χ3v) is 5.38. The molecule has 28 heavy (non-hydrogen) atoms. The summed E-state index contributed by atoms with van der Waals surface area (Å²) in [6.45, 7) is 0.226. The number of carbonyl (C=O) groups is 1. The molecule has 0 saturated heterocycles. The Morgan fingerprint density at radius 1 is 1.14 bits per heavy atom. The van der Waals surface area contributed by atoms with Crippen LogP contribution in [-0.2, 0) is 31.5 Å². The van der Waals surface area contributed by atoms with Gasteiger partial charge in [0.15, 0.2) is 5.76 Å². The van der Waals surface area contributed by atoms with Gasteiger partial charge in [-0.3, -0.25) is 0 Å². The summed E-state index contributed by atoms with van der Waals surface area (Å²) in [5.74, 6) is -1.67. The second-order valence-electron chi connectivity index (χ2n) is 6.36. The zero-order valence-corrected chi connectivity index (χ0v) is 17.1. The minimum Gasteiger partial charge on any atom is -0.497 e. The molecule has 1 unspecified atom stereocenters. The van der Waals surface area contributed by atoms with E-state index < -0.39 is 11.8 Å². The fraction of sp³-hybridized carbons (Fsp3) is 0.190. The van der Waals surface area contributed by atoms with E-state index in [0.717, 1.165) is 9.13 Å². The molecule has 0 amide bonds. The molecule has 0 bridgehead atoms. The molecule has 144 valence electrons. The topological polar surface area (TPSA) is 74.2 Å². The number of rotatable bonds is 5. The van der Waals surface area contributed by atoms with E-state index in [1.54, 1.807) is 37.5 Å². The second-order valence-corrected chi connectivity index (χ2v) is 7.60. The molecule has 0 spiro atoms.